The molecule has 0 aliphatic rings. The summed E-state index contributed by atoms with van der Waals surface area (Å²) in [6.07, 6.45) is 3.98. The molecule has 0 spiro atoms. The third-order valence-corrected chi connectivity index (χ3v) is 7.39. The van der Waals surface area contributed by atoms with Crippen molar-refractivity contribution in [3.63, 3.8) is 0 Å². The van der Waals surface area contributed by atoms with Gasteiger partial charge >= 0.3 is 0 Å². The summed E-state index contributed by atoms with van der Waals surface area (Å²) in [5.74, 6) is -0.133. The molecule has 0 bridgehead atoms. The predicted octanol–water partition coefficient (Wildman–Crippen LogP) is 7.28. The van der Waals surface area contributed by atoms with Crippen molar-refractivity contribution in [3.8, 4) is 0 Å². The molecule has 1 heterocycles. The Morgan fingerprint density at radius 3 is 2.21 bits per heavy atom. The molecule has 0 unspecified atom stereocenters. The van der Waals surface area contributed by atoms with Crippen molar-refractivity contribution in [1.29, 1.82) is 0 Å². The van der Waals surface area contributed by atoms with Crippen molar-refractivity contribution in [2.24, 2.45) is 0 Å². The maximum Gasteiger partial charge on any atom is 0.254 e. The Morgan fingerprint density at radius 2 is 1.63 bits per heavy atom. The van der Waals surface area contributed by atoms with E-state index in [0.29, 0.717) is 18.7 Å². The van der Waals surface area contributed by atoms with Crippen LogP contribution in [0.1, 0.15) is 81.6 Å². The lowest BCUT2D eigenvalue weighted by Gasteiger charge is -2.30. The molecule has 204 valence electrons. The summed E-state index contributed by atoms with van der Waals surface area (Å²) in [4.78, 5) is 30.7. The topological polar surface area (TPSA) is 45.6 Å². The Bertz CT molecular complexity index is 1190. The number of hydrogen-bond acceptors (Lipinski definition) is 2. The fraction of sp³-hybridized carbons (Fsp3) is 0.438. The lowest BCUT2D eigenvalue weighted by Crippen LogP contribution is -2.46. The number of unbranched alkanes of at least 4 members (excludes halogenated alkanes) is 1. The number of carbonyl (C=O) groups excluding carboxylic acids is 2. The van der Waals surface area contributed by atoms with Crippen LogP contribution in [0.15, 0.2) is 71.3 Å². The average Bonchev–Trinajstić information content (AvgIpc) is 3.31. The monoisotopic (exact) mass is 579 g/mol. The van der Waals surface area contributed by atoms with Crippen molar-refractivity contribution in [2.75, 3.05) is 13.1 Å². The zero-order valence-electron chi connectivity index (χ0n) is 23.7. The van der Waals surface area contributed by atoms with E-state index >= 15 is 0 Å². The quantitative estimate of drug-likeness (QED) is 0.239. The first kappa shape index (κ1) is 29.7. The molecule has 3 aromatic rings. The van der Waals surface area contributed by atoms with Crippen LogP contribution in [-0.2, 0) is 23.3 Å². The second-order valence-electron chi connectivity index (χ2n) is 11.3. The highest BCUT2D eigenvalue weighted by Gasteiger charge is 2.25. The second kappa shape index (κ2) is 13.3. The molecule has 0 radical (unpaired) electrons. The van der Waals surface area contributed by atoms with Crippen molar-refractivity contribution in [2.45, 2.75) is 78.9 Å². The van der Waals surface area contributed by atoms with Crippen LogP contribution in [0.2, 0.25) is 0 Å². The van der Waals surface area contributed by atoms with Gasteiger partial charge < -0.3 is 14.4 Å². The van der Waals surface area contributed by atoms with Crippen molar-refractivity contribution >= 4 is 27.7 Å². The molecule has 0 saturated heterocycles. The van der Waals surface area contributed by atoms with Crippen LogP contribution in [0.5, 0.6) is 0 Å². The van der Waals surface area contributed by atoms with Gasteiger partial charge in [0.05, 0.1) is 6.54 Å². The fourth-order valence-electron chi connectivity index (χ4n) is 4.38. The first-order valence-electron chi connectivity index (χ1n) is 13.6. The third kappa shape index (κ3) is 8.07. The Balaban J connectivity index is 1.76. The van der Waals surface area contributed by atoms with Crippen LogP contribution in [-0.4, -0.2) is 45.3 Å². The lowest BCUT2D eigenvalue weighted by molar-refractivity contribution is -0.133. The maximum absolute atomic E-state index is 13.6. The summed E-state index contributed by atoms with van der Waals surface area (Å²) in [5.41, 5.74) is 4.09. The number of nitrogens with zero attached hydrogens (tertiary/aromatic N) is 3. The molecule has 0 aliphatic heterocycles. The van der Waals surface area contributed by atoms with Crippen LogP contribution in [0.3, 0.4) is 0 Å². The van der Waals surface area contributed by atoms with E-state index in [4.69, 9.17) is 0 Å². The van der Waals surface area contributed by atoms with Crippen LogP contribution in [0.25, 0.3) is 0 Å². The minimum Gasteiger partial charge on any atom is -0.345 e. The van der Waals surface area contributed by atoms with Gasteiger partial charge in [0.2, 0.25) is 5.91 Å². The van der Waals surface area contributed by atoms with Gasteiger partial charge in [-0.15, -0.1) is 0 Å². The van der Waals surface area contributed by atoms with E-state index < -0.39 is 0 Å². The van der Waals surface area contributed by atoms with Gasteiger partial charge in [-0.05, 0) is 73.2 Å². The summed E-state index contributed by atoms with van der Waals surface area (Å²) in [6, 6.07) is 20.1. The SMILES string of the molecule is CCCCN(Cc1cccn1Cc1ccc(Br)cc1)C(=O)CN(C(=O)c1ccc(C(C)(C)C)cc1)C(C)C. The zero-order valence-corrected chi connectivity index (χ0v) is 25.3. The molecule has 0 N–H and O–H groups in total. The lowest BCUT2D eigenvalue weighted by atomic mass is 9.86. The molecule has 3 rings (SSSR count). The highest BCUT2D eigenvalue weighted by Crippen LogP contribution is 2.23. The molecular formula is C32H42BrN3O2. The van der Waals surface area contributed by atoms with E-state index in [1.807, 2.05) is 61.2 Å². The van der Waals surface area contributed by atoms with Gasteiger partial charge in [-0.1, -0.05) is 74.3 Å². The molecule has 0 atom stereocenters. The van der Waals surface area contributed by atoms with Gasteiger partial charge in [0.15, 0.2) is 0 Å². The Morgan fingerprint density at radius 1 is 0.974 bits per heavy atom. The molecule has 2 amide bonds. The molecule has 2 aromatic carbocycles. The average molecular weight is 581 g/mol. The van der Waals surface area contributed by atoms with Crippen LogP contribution < -0.4 is 0 Å². The molecule has 1 aromatic heterocycles. The van der Waals surface area contributed by atoms with Gasteiger partial charge in [-0.25, -0.2) is 0 Å². The van der Waals surface area contributed by atoms with Gasteiger partial charge in [-0.2, -0.15) is 0 Å². The number of amides is 2. The van der Waals surface area contributed by atoms with Crippen molar-refractivity contribution in [3.05, 3.63) is 93.7 Å². The van der Waals surface area contributed by atoms with Crippen molar-refractivity contribution < 1.29 is 9.59 Å². The molecule has 5 nitrogen and oxygen atoms in total. The zero-order chi connectivity index (χ0) is 27.9. The van der Waals surface area contributed by atoms with Crippen LogP contribution >= 0.6 is 15.9 Å². The van der Waals surface area contributed by atoms with E-state index in [1.54, 1.807) is 4.90 Å². The minimum absolute atomic E-state index is 0.0179. The van der Waals surface area contributed by atoms with Gasteiger partial charge in [0, 0.05) is 41.1 Å². The summed E-state index contributed by atoms with van der Waals surface area (Å²) in [7, 11) is 0. The molecule has 0 saturated carbocycles. The molecule has 0 aliphatic carbocycles. The van der Waals surface area contributed by atoms with Crippen molar-refractivity contribution in [1.82, 2.24) is 14.4 Å². The normalized spacial score (nSPS) is 11.6. The Hall–Kier alpha value is -2.86. The Labute approximate surface area is 237 Å². The van der Waals surface area contributed by atoms with Gasteiger partial charge in [-0.3, -0.25) is 9.59 Å². The summed E-state index contributed by atoms with van der Waals surface area (Å²) in [6.45, 7) is 14.5. The predicted molar refractivity (Wildman–Crippen MR) is 159 cm³/mol. The Kier molecular flexibility index (Phi) is 10.4. The first-order chi connectivity index (χ1) is 18.0. The second-order valence-corrected chi connectivity index (χ2v) is 12.2. The largest absolute Gasteiger partial charge is 0.345 e. The minimum atomic E-state index is -0.108. The fourth-order valence-corrected chi connectivity index (χ4v) is 4.65. The highest BCUT2D eigenvalue weighted by molar-refractivity contribution is 9.10. The molecule has 0 fully saturated rings. The van der Waals surface area contributed by atoms with Gasteiger partial charge in [0.25, 0.3) is 5.91 Å². The van der Waals surface area contributed by atoms with Crippen LogP contribution in [0.4, 0.5) is 0 Å². The standard InChI is InChI=1S/C32H42BrN3O2/c1-7-8-19-35(22-29-10-9-20-34(29)21-25-11-17-28(33)18-12-25)30(37)23-36(24(2)3)31(38)26-13-15-27(16-14-26)32(4,5)6/h9-18,20,24H,7-8,19,21-23H2,1-6H3. The van der Waals surface area contributed by atoms with Gasteiger partial charge in [0.1, 0.15) is 6.54 Å². The van der Waals surface area contributed by atoms with E-state index in [0.717, 1.165) is 29.6 Å². The number of aromatic nitrogens is 1. The number of halogens is 1. The summed E-state index contributed by atoms with van der Waals surface area (Å²) >= 11 is 3.50. The van der Waals surface area contributed by atoms with E-state index in [2.05, 4.69) is 72.6 Å². The number of carbonyl (C=O) groups is 2. The smallest absolute Gasteiger partial charge is 0.254 e. The van der Waals surface area contributed by atoms with Crippen LogP contribution in [0, 0.1) is 0 Å². The number of hydrogen-bond donors (Lipinski definition) is 0. The summed E-state index contributed by atoms with van der Waals surface area (Å²) in [5, 5.41) is 0. The number of benzene rings is 2. The highest BCUT2D eigenvalue weighted by atomic mass is 79.9. The third-order valence-electron chi connectivity index (χ3n) is 6.86. The first-order valence-corrected chi connectivity index (χ1v) is 14.4. The summed E-state index contributed by atoms with van der Waals surface area (Å²) < 4.78 is 3.25. The van der Waals surface area contributed by atoms with E-state index in [1.165, 1.54) is 11.1 Å². The maximum atomic E-state index is 13.6. The number of rotatable bonds is 11. The van der Waals surface area contributed by atoms with E-state index in [9.17, 15) is 9.59 Å². The molecule has 6 heteroatoms. The van der Waals surface area contributed by atoms with E-state index in [-0.39, 0.29) is 29.8 Å². The molecular weight excluding hydrogens is 538 g/mol. The molecule has 38 heavy (non-hydrogen) atoms.